The molecule has 0 radical (unpaired) electrons. The largest absolute Gasteiger partial charge is 0.257 e. The number of nitrogens with zero attached hydrogens (tertiary/aromatic N) is 2. The summed E-state index contributed by atoms with van der Waals surface area (Å²) in [6.07, 6.45) is 5.85. The Balaban J connectivity index is 1.59. The van der Waals surface area contributed by atoms with E-state index in [4.69, 9.17) is 5.10 Å². The van der Waals surface area contributed by atoms with E-state index in [2.05, 4.69) is 102 Å². The monoisotopic (exact) mass is 364 g/mol. The van der Waals surface area contributed by atoms with E-state index in [1.54, 1.807) is 0 Å². The quantitative estimate of drug-likeness (QED) is 0.519. The molecule has 0 N–H and O–H groups in total. The number of rotatable bonds is 3. The van der Waals surface area contributed by atoms with Crippen LogP contribution in [0.15, 0.2) is 102 Å². The fraction of sp³-hybridized carbons (Fsp3) is 0.192. The molecule has 0 unspecified atom stereocenters. The highest BCUT2D eigenvalue weighted by Crippen LogP contribution is 2.46. The van der Waals surface area contributed by atoms with Crippen molar-refractivity contribution in [3.05, 3.63) is 108 Å². The summed E-state index contributed by atoms with van der Waals surface area (Å²) >= 11 is 0. The zero-order valence-corrected chi connectivity index (χ0v) is 15.9. The van der Waals surface area contributed by atoms with Gasteiger partial charge in [-0.05, 0) is 54.2 Å². The normalized spacial score (nSPS) is 22.8. The summed E-state index contributed by atoms with van der Waals surface area (Å²) in [5.74, 6) is 0.436. The molecule has 2 nitrogen and oxygen atoms in total. The van der Waals surface area contributed by atoms with E-state index in [1.165, 1.54) is 35.3 Å². The molecule has 0 bridgehead atoms. The number of hydrazone groups is 1. The molecule has 1 fully saturated rings. The van der Waals surface area contributed by atoms with Crippen LogP contribution in [0.4, 0.5) is 5.69 Å². The van der Waals surface area contributed by atoms with Gasteiger partial charge in [0.05, 0.1) is 17.4 Å². The predicted octanol–water partition coefficient (Wildman–Crippen LogP) is 6.49. The summed E-state index contributed by atoms with van der Waals surface area (Å²) < 4.78 is 0. The van der Waals surface area contributed by atoms with Gasteiger partial charge in [0.15, 0.2) is 0 Å². The van der Waals surface area contributed by atoms with E-state index in [0.29, 0.717) is 5.92 Å². The van der Waals surface area contributed by atoms with Crippen LogP contribution in [0.1, 0.15) is 36.4 Å². The molecule has 2 heteroatoms. The summed E-state index contributed by atoms with van der Waals surface area (Å²) in [4.78, 5) is 0. The second kappa shape index (κ2) is 7.47. The van der Waals surface area contributed by atoms with E-state index in [0.717, 1.165) is 12.1 Å². The molecule has 0 amide bonds. The number of benzene rings is 3. The van der Waals surface area contributed by atoms with Gasteiger partial charge in [0.1, 0.15) is 0 Å². The standard InChI is InChI=1S/C26H24N2/c1-4-11-20(12-5-1)19-22-15-10-18-24-25(22)27-28(23-16-8-3-9-17-23)26(24)21-13-6-2-7-14-21/h1-9,11-14,16-17,19,24,26H,10,15,18H2/b22-19+/t24-,26-/m0/s1. The minimum atomic E-state index is 0.262. The van der Waals surface area contributed by atoms with Crippen molar-refractivity contribution in [2.75, 3.05) is 5.01 Å². The minimum absolute atomic E-state index is 0.262. The molecule has 5 rings (SSSR count). The molecule has 1 aliphatic heterocycles. The van der Waals surface area contributed by atoms with Gasteiger partial charge in [0, 0.05) is 5.92 Å². The van der Waals surface area contributed by atoms with Crippen molar-refractivity contribution >= 4 is 17.5 Å². The lowest BCUT2D eigenvalue weighted by Crippen LogP contribution is -2.28. The highest BCUT2D eigenvalue weighted by Gasteiger charge is 2.41. The Hall–Kier alpha value is -3.13. The Morgan fingerprint density at radius 2 is 1.43 bits per heavy atom. The molecule has 1 aliphatic carbocycles. The molecule has 138 valence electrons. The summed E-state index contributed by atoms with van der Waals surface area (Å²) in [5.41, 5.74) is 6.43. The molecule has 3 aromatic rings. The van der Waals surface area contributed by atoms with Crippen LogP contribution in [0.2, 0.25) is 0 Å². The highest BCUT2D eigenvalue weighted by molar-refractivity contribution is 6.08. The van der Waals surface area contributed by atoms with E-state index < -0.39 is 0 Å². The number of allylic oxidation sites excluding steroid dienone is 1. The predicted molar refractivity (Wildman–Crippen MR) is 117 cm³/mol. The number of para-hydroxylation sites is 1. The van der Waals surface area contributed by atoms with Crippen molar-refractivity contribution in [3.8, 4) is 0 Å². The lowest BCUT2D eigenvalue weighted by atomic mass is 9.77. The van der Waals surface area contributed by atoms with Gasteiger partial charge in [-0.1, -0.05) is 78.9 Å². The van der Waals surface area contributed by atoms with Crippen molar-refractivity contribution in [1.29, 1.82) is 0 Å². The molecule has 2 atom stereocenters. The van der Waals surface area contributed by atoms with Gasteiger partial charge < -0.3 is 0 Å². The third-order valence-electron chi connectivity index (χ3n) is 5.80. The van der Waals surface area contributed by atoms with Crippen LogP contribution in [0.3, 0.4) is 0 Å². The van der Waals surface area contributed by atoms with Gasteiger partial charge in [0.2, 0.25) is 0 Å². The number of anilines is 1. The van der Waals surface area contributed by atoms with Crippen molar-refractivity contribution in [3.63, 3.8) is 0 Å². The van der Waals surface area contributed by atoms with Gasteiger partial charge in [-0.25, -0.2) is 0 Å². The Kier molecular flexibility index (Phi) is 4.54. The van der Waals surface area contributed by atoms with Crippen molar-refractivity contribution in [1.82, 2.24) is 0 Å². The highest BCUT2D eigenvalue weighted by atomic mass is 15.5. The van der Waals surface area contributed by atoms with Crippen LogP contribution in [0, 0.1) is 5.92 Å². The van der Waals surface area contributed by atoms with Gasteiger partial charge in [-0.15, -0.1) is 0 Å². The van der Waals surface area contributed by atoms with Gasteiger partial charge in [-0.3, -0.25) is 5.01 Å². The lowest BCUT2D eigenvalue weighted by molar-refractivity contribution is 0.488. The molecule has 0 aromatic heterocycles. The molecule has 1 saturated carbocycles. The van der Waals surface area contributed by atoms with Crippen LogP contribution in [-0.2, 0) is 0 Å². The molecule has 0 spiro atoms. The maximum Gasteiger partial charge on any atom is 0.0859 e. The first-order valence-corrected chi connectivity index (χ1v) is 10.1. The Morgan fingerprint density at radius 3 is 2.14 bits per heavy atom. The first-order valence-electron chi connectivity index (χ1n) is 10.1. The summed E-state index contributed by atoms with van der Waals surface area (Å²) in [6, 6.07) is 32.3. The average molecular weight is 364 g/mol. The van der Waals surface area contributed by atoms with Crippen molar-refractivity contribution in [2.24, 2.45) is 11.0 Å². The van der Waals surface area contributed by atoms with Crippen LogP contribution in [0.25, 0.3) is 6.08 Å². The van der Waals surface area contributed by atoms with Crippen LogP contribution < -0.4 is 5.01 Å². The van der Waals surface area contributed by atoms with Gasteiger partial charge in [-0.2, -0.15) is 5.10 Å². The summed E-state index contributed by atoms with van der Waals surface area (Å²) in [5, 5.41) is 7.45. The molecule has 28 heavy (non-hydrogen) atoms. The van der Waals surface area contributed by atoms with E-state index in [1.807, 2.05) is 0 Å². The third-order valence-corrected chi connectivity index (χ3v) is 5.80. The summed E-state index contributed by atoms with van der Waals surface area (Å²) in [7, 11) is 0. The Bertz CT molecular complexity index is 990. The fourth-order valence-corrected chi connectivity index (χ4v) is 4.53. The Labute approximate surface area is 166 Å². The maximum absolute atomic E-state index is 5.20. The first kappa shape index (κ1) is 17.0. The average Bonchev–Trinajstić information content (AvgIpc) is 3.16. The fourth-order valence-electron chi connectivity index (χ4n) is 4.53. The van der Waals surface area contributed by atoms with E-state index >= 15 is 0 Å². The van der Waals surface area contributed by atoms with Crippen molar-refractivity contribution < 1.29 is 0 Å². The van der Waals surface area contributed by atoms with Gasteiger partial charge >= 0.3 is 0 Å². The smallest absolute Gasteiger partial charge is 0.0859 e. The maximum atomic E-state index is 5.20. The van der Waals surface area contributed by atoms with E-state index in [9.17, 15) is 0 Å². The first-order chi connectivity index (χ1) is 13.9. The molecular formula is C26H24N2. The third kappa shape index (κ3) is 3.16. The number of hydrogen-bond donors (Lipinski definition) is 0. The summed E-state index contributed by atoms with van der Waals surface area (Å²) in [6.45, 7) is 0. The molecule has 2 aliphatic rings. The van der Waals surface area contributed by atoms with Gasteiger partial charge in [0.25, 0.3) is 0 Å². The number of hydrogen-bond acceptors (Lipinski definition) is 2. The zero-order valence-electron chi connectivity index (χ0n) is 15.9. The molecular weight excluding hydrogens is 340 g/mol. The second-order valence-electron chi connectivity index (χ2n) is 7.60. The topological polar surface area (TPSA) is 15.6 Å². The molecule has 0 saturated heterocycles. The SMILES string of the molecule is C(=C1/CCC[C@H]2C1=NN(c1ccccc1)[C@H]2c1ccccc1)/c1ccccc1. The van der Waals surface area contributed by atoms with E-state index in [-0.39, 0.29) is 6.04 Å². The second-order valence-corrected chi connectivity index (χ2v) is 7.60. The molecule has 3 aromatic carbocycles. The van der Waals surface area contributed by atoms with Crippen LogP contribution in [0.5, 0.6) is 0 Å². The molecule has 1 heterocycles. The van der Waals surface area contributed by atoms with Crippen molar-refractivity contribution in [2.45, 2.75) is 25.3 Å². The lowest BCUT2D eigenvalue weighted by Gasteiger charge is -2.30. The minimum Gasteiger partial charge on any atom is -0.257 e. The van der Waals surface area contributed by atoms with Crippen LogP contribution in [-0.4, -0.2) is 5.71 Å². The zero-order chi connectivity index (χ0) is 18.8. The van der Waals surface area contributed by atoms with Crippen LogP contribution >= 0.6 is 0 Å². The Morgan fingerprint density at radius 1 is 0.786 bits per heavy atom. The number of fused-ring (bicyclic) bond motifs is 1.